The average Bonchev–Trinajstić information content (AvgIpc) is 2.24. The average molecular weight is 237 g/mol. The van der Waals surface area contributed by atoms with E-state index in [2.05, 4.69) is 6.07 Å². The summed E-state index contributed by atoms with van der Waals surface area (Å²) in [4.78, 5) is 11.4. The van der Waals surface area contributed by atoms with Gasteiger partial charge in [0.05, 0.1) is 0 Å². The van der Waals surface area contributed by atoms with Gasteiger partial charge in [0.15, 0.2) is 0 Å². The van der Waals surface area contributed by atoms with Gasteiger partial charge in [0.1, 0.15) is 5.58 Å². The maximum Gasteiger partial charge on any atom is 0.336 e. The molecular formula is C13H13ClO2. The molecule has 16 heavy (non-hydrogen) atoms. The van der Waals surface area contributed by atoms with Crippen molar-refractivity contribution in [3.8, 4) is 0 Å². The van der Waals surface area contributed by atoms with Crippen LogP contribution in [0.15, 0.2) is 21.3 Å². The predicted octanol–water partition coefficient (Wildman–Crippen LogP) is 3.46. The number of halogens is 1. The predicted molar refractivity (Wildman–Crippen MR) is 66.3 cm³/mol. The third-order valence-corrected chi connectivity index (χ3v) is 3.23. The van der Waals surface area contributed by atoms with Crippen LogP contribution >= 0.6 is 11.6 Å². The van der Waals surface area contributed by atoms with Crippen LogP contribution in [0.2, 0.25) is 0 Å². The van der Waals surface area contributed by atoms with E-state index in [4.69, 9.17) is 16.0 Å². The SMILES string of the molecule is Cc1cc(C)c2c(CCl)cc(=O)oc2c1C. The van der Waals surface area contributed by atoms with Crippen molar-refractivity contribution in [2.24, 2.45) is 0 Å². The van der Waals surface area contributed by atoms with Crippen molar-refractivity contribution in [2.75, 3.05) is 0 Å². The molecule has 0 amide bonds. The molecule has 2 aromatic rings. The molecular weight excluding hydrogens is 224 g/mol. The van der Waals surface area contributed by atoms with Gasteiger partial charge in [-0.3, -0.25) is 0 Å². The van der Waals surface area contributed by atoms with Crippen LogP contribution in [-0.2, 0) is 5.88 Å². The highest BCUT2D eigenvalue weighted by Gasteiger charge is 2.11. The standard InChI is InChI=1S/C13H13ClO2/c1-7-4-8(2)12-10(6-14)5-11(15)16-13(12)9(7)3/h4-5H,6H2,1-3H3. The van der Waals surface area contributed by atoms with Gasteiger partial charge in [-0.25, -0.2) is 4.79 Å². The summed E-state index contributed by atoms with van der Waals surface area (Å²) < 4.78 is 5.28. The van der Waals surface area contributed by atoms with Gasteiger partial charge in [-0.15, -0.1) is 11.6 Å². The number of benzene rings is 1. The summed E-state index contributed by atoms with van der Waals surface area (Å²) in [5, 5.41) is 0.970. The fourth-order valence-electron chi connectivity index (χ4n) is 2.03. The van der Waals surface area contributed by atoms with E-state index < -0.39 is 0 Å². The molecule has 0 aliphatic rings. The number of rotatable bonds is 1. The molecule has 0 unspecified atom stereocenters. The van der Waals surface area contributed by atoms with E-state index in [0.29, 0.717) is 11.5 Å². The van der Waals surface area contributed by atoms with Crippen molar-refractivity contribution in [1.82, 2.24) is 0 Å². The quantitative estimate of drug-likeness (QED) is 0.561. The molecule has 0 bridgehead atoms. The Balaban J connectivity index is 3.04. The van der Waals surface area contributed by atoms with Gasteiger partial charge in [0.2, 0.25) is 0 Å². The molecule has 1 aromatic heterocycles. The van der Waals surface area contributed by atoms with E-state index in [1.165, 1.54) is 6.07 Å². The minimum Gasteiger partial charge on any atom is -0.422 e. The lowest BCUT2D eigenvalue weighted by Gasteiger charge is -2.10. The molecule has 0 N–H and O–H groups in total. The third kappa shape index (κ3) is 1.63. The van der Waals surface area contributed by atoms with Crippen molar-refractivity contribution < 1.29 is 4.42 Å². The van der Waals surface area contributed by atoms with Gasteiger partial charge in [-0.1, -0.05) is 6.07 Å². The Morgan fingerprint density at radius 3 is 2.50 bits per heavy atom. The van der Waals surface area contributed by atoms with Crippen molar-refractivity contribution >= 4 is 22.6 Å². The molecule has 0 saturated carbocycles. The van der Waals surface area contributed by atoms with E-state index in [0.717, 1.165) is 27.6 Å². The molecule has 1 aromatic carbocycles. The van der Waals surface area contributed by atoms with Gasteiger partial charge in [-0.05, 0) is 43.0 Å². The number of hydrogen-bond acceptors (Lipinski definition) is 2. The summed E-state index contributed by atoms with van der Waals surface area (Å²) in [5.74, 6) is 0.325. The first-order valence-corrected chi connectivity index (χ1v) is 5.67. The Labute approximate surface area is 98.8 Å². The van der Waals surface area contributed by atoms with E-state index in [1.807, 2.05) is 20.8 Å². The molecule has 0 spiro atoms. The normalized spacial score (nSPS) is 11.0. The molecule has 0 aliphatic carbocycles. The Kier molecular flexibility index (Phi) is 2.76. The lowest BCUT2D eigenvalue weighted by atomic mass is 9.99. The molecule has 0 atom stereocenters. The van der Waals surface area contributed by atoms with Crippen molar-refractivity contribution in [2.45, 2.75) is 26.7 Å². The van der Waals surface area contributed by atoms with Crippen molar-refractivity contribution in [1.29, 1.82) is 0 Å². The number of hydrogen-bond donors (Lipinski definition) is 0. The fraction of sp³-hybridized carbons (Fsp3) is 0.308. The lowest BCUT2D eigenvalue weighted by Crippen LogP contribution is -2.02. The van der Waals surface area contributed by atoms with E-state index >= 15 is 0 Å². The Morgan fingerprint density at radius 1 is 1.19 bits per heavy atom. The Bertz CT molecular complexity index is 611. The minimum absolute atomic E-state index is 0.325. The third-order valence-electron chi connectivity index (χ3n) is 2.95. The van der Waals surface area contributed by atoms with Gasteiger partial charge in [-0.2, -0.15) is 0 Å². The Morgan fingerprint density at radius 2 is 1.88 bits per heavy atom. The summed E-state index contributed by atoms with van der Waals surface area (Å²) in [6.45, 7) is 5.97. The van der Waals surface area contributed by atoms with Crippen molar-refractivity contribution in [3.63, 3.8) is 0 Å². The summed E-state index contributed by atoms with van der Waals surface area (Å²) >= 11 is 5.86. The topological polar surface area (TPSA) is 30.2 Å². The number of aryl methyl sites for hydroxylation is 3. The van der Waals surface area contributed by atoms with Crippen LogP contribution in [-0.4, -0.2) is 0 Å². The molecule has 0 radical (unpaired) electrons. The molecule has 1 heterocycles. The van der Waals surface area contributed by atoms with Crippen molar-refractivity contribution in [3.05, 3.63) is 44.8 Å². The van der Waals surface area contributed by atoms with E-state index in [9.17, 15) is 4.79 Å². The fourth-order valence-corrected chi connectivity index (χ4v) is 2.24. The maximum absolute atomic E-state index is 11.4. The van der Waals surface area contributed by atoms with E-state index in [-0.39, 0.29) is 5.63 Å². The second-order valence-electron chi connectivity index (χ2n) is 4.06. The minimum atomic E-state index is -0.337. The highest BCUT2D eigenvalue weighted by atomic mass is 35.5. The van der Waals surface area contributed by atoms with Gasteiger partial charge >= 0.3 is 5.63 Å². The molecule has 84 valence electrons. The van der Waals surface area contributed by atoms with Gasteiger partial charge < -0.3 is 4.42 Å². The second kappa shape index (κ2) is 3.95. The van der Waals surface area contributed by atoms with E-state index in [1.54, 1.807) is 0 Å². The molecule has 2 rings (SSSR count). The van der Waals surface area contributed by atoms with Crippen LogP contribution in [0.1, 0.15) is 22.3 Å². The Hall–Kier alpha value is -1.28. The lowest BCUT2D eigenvalue weighted by molar-refractivity contribution is 0.557. The largest absolute Gasteiger partial charge is 0.422 e. The summed E-state index contributed by atoms with van der Waals surface area (Å²) in [6, 6.07) is 3.56. The first-order valence-electron chi connectivity index (χ1n) is 5.14. The van der Waals surface area contributed by atoms with Gasteiger partial charge in [0, 0.05) is 17.3 Å². The second-order valence-corrected chi connectivity index (χ2v) is 4.33. The first-order chi connectivity index (χ1) is 7.54. The van der Waals surface area contributed by atoms with Crippen LogP contribution in [0.3, 0.4) is 0 Å². The number of fused-ring (bicyclic) bond motifs is 1. The molecule has 2 nitrogen and oxygen atoms in total. The smallest absolute Gasteiger partial charge is 0.336 e. The first kappa shape index (κ1) is 11.2. The monoisotopic (exact) mass is 236 g/mol. The molecule has 0 saturated heterocycles. The van der Waals surface area contributed by atoms with Crippen LogP contribution in [0, 0.1) is 20.8 Å². The summed E-state index contributed by atoms with van der Waals surface area (Å²) in [7, 11) is 0. The molecule has 0 aliphatic heterocycles. The molecule has 0 fully saturated rings. The zero-order chi connectivity index (χ0) is 11.9. The molecule has 3 heteroatoms. The number of alkyl halides is 1. The summed E-state index contributed by atoms with van der Waals surface area (Å²) in [6.07, 6.45) is 0. The maximum atomic E-state index is 11.4. The zero-order valence-electron chi connectivity index (χ0n) is 9.56. The highest BCUT2D eigenvalue weighted by Crippen LogP contribution is 2.27. The van der Waals surface area contributed by atoms with Crippen LogP contribution < -0.4 is 5.63 Å². The highest BCUT2D eigenvalue weighted by molar-refractivity contribution is 6.18. The van der Waals surface area contributed by atoms with Gasteiger partial charge in [0.25, 0.3) is 0 Å². The van der Waals surface area contributed by atoms with Crippen LogP contribution in [0.5, 0.6) is 0 Å². The van der Waals surface area contributed by atoms with Crippen LogP contribution in [0.4, 0.5) is 0 Å². The van der Waals surface area contributed by atoms with Crippen LogP contribution in [0.25, 0.3) is 11.0 Å². The summed E-state index contributed by atoms with van der Waals surface area (Å²) in [5.41, 5.74) is 4.40. The zero-order valence-corrected chi connectivity index (χ0v) is 10.3.